The van der Waals surface area contributed by atoms with Crippen LogP contribution in [0.2, 0.25) is 13.4 Å². The first-order valence-corrected chi connectivity index (χ1v) is 11.9. The zero-order valence-electron chi connectivity index (χ0n) is 11.7. The molecule has 0 aliphatic heterocycles. The van der Waals surface area contributed by atoms with Gasteiger partial charge in [0.25, 0.3) is 0 Å². The van der Waals surface area contributed by atoms with Gasteiger partial charge in [-0.25, -0.2) is 0 Å². The molecule has 1 nitrogen and oxygen atoms in total. The van der Waals surface area contributed by atoms with Crippen LogP contribution in [0.4, 0.5) is 0 Å². The van der Waals surface area contributed by atoms with E-state index in [1.807, 2.05) is 30.3 Å². The third-order valence-electron chi connectivity index (χ3n) is 3.00. The van der Waals surface area contributed by atoms with Crippen LogP contribution in [0.3, 0.4) is 0 Å². The van der Waals surface area contributed by atoms with Crippen LogP contribution in [0.25, 0.3) is 0 Å². The summed E-state index contributed by atoms with van der Waals surface area (Å²) in [5.41, 5.74) is 0.913. The molecule has 1 aromatic rings. The first-order valence-electron chi connectivity index (χ1n) is 7.00. The Kier molecular flexibility index (Phi) is 8.38. The molecule has 1 rings (SSSR count). The fourth-order valence-corrected chi connectivity index (χ4v) is 8.75. The summed E-state index contributed by atoms with van der Waals surface area (Å²) in [4.78, 5) is 12.2. The Hall–Kier alpha value is -0.320. The van der Waals surface area contributed by atoms with E-state index in [2.05, 4.69) is 13.8 Å². The number of ketones is 1. The molecule has 18 heavy (non-hydrogen) atoms. The Morgan fingerprint density at radius 1 is 1.00 bits per heavy atom. The van der Waals surface area contributed by atoms with Crippen molar-refractivity contribution in [2.45, 2.75) is 52.9 Å². The Bertz CT molecular complexity index is 326. The van der Waals surface area contributed by atoms with Crippen molar-refractivity contribution in [3.05, 3.63) is 35.9 Å². The standard InChI is InChI=1S/C16H25OTe/c1-3-5-12-18(13-6-4-2)14-16(17)15-10-8-7-9-11-15/h7-11H,3-6,12-14H2,1-2H3/q+1. The summed E-state index contributed by atoms with van der Waals surface area (Å²) in [6.07, 6.45) is 5.18. The minimum atomic E-state index is -1.17. The molecule has 0 heterocycles. The van der Waals surface area contributed by atoms with Crippen molar-refractivity contribution in [2.75, 3.05) is 0 Å². The van der Waals surface area contributed by atoms with Gasteiger partial charge in [0, 0.05) is 0 Å². The fraction of sp³-hybridized carbons (Fsp3) is 0.562. The quantitative estimate of drug-likeness (QED) is 0.449. The minimum absolute atomic E-state index is 0.388. The average Bonchev–Trinajstić information content (AvgIpc) is 2.42. The van der Waals surface area contributed by atoms with Crippen molar-refractivity contribution >= 4 is 25.3 Å². The summed E-state index contributed by atoms with van der Waals surface area (Å²) >= 11 is -1.17. The van der Waals surface area contributed by atoms with Crippen molar-refractivity contribution < 1.29 is 4.79 Å². The average molecular weight is 361 g/mol. The van der Waals surface area contributed by atoms with Crippen molar-refractivity contribution in [2.24, 2.45) is 0 Å². The first kappa shape index (κ1) is 15.7. The SMILES string of the molecule is CCCC[Te+](CCCC)CC(=O)c1ccccc1. The Labute approximate surface area is 119 Å². The molecule has 0 unspecified atom stereocenters. The van der Waals surface area contributed by atoms with Crippen LogP contribution in [0.5, 0.6) is 0 Å². The summed E-state index contributed by atoms with van der Waals surface area (Å²) in [5, 5.41) is 0. The molecule has 2 heteroatoms. The molecule has 0 fully saturated rings. The molecule has 0 aromatic heterocycles. The van der Waals surface area contributed by atoms with Gasteiger partial charge in [-0.15, -0.1) is 0 Å². The van der Waals surface area contributed by atoms with Crippen molar-refractivity contribution in [1.82, 2.24) is 0 Å². The van der Waals surface area contributed by atoms with Gasteiger partial charge in [-0.1, -0.05) is 0 Å². The summed E-state index contributed by atoms with van der Waals surface area (Å²) in [7, 11) is 0. The van der Waals surface area contributed by atoms with E-state index in [9.17, 15) is 4.79 Å². The Balaban J connectivity index is 2.50. The summed E-state index contributed by atoms with van der Waals surface area (Å²) in [6, 6.07) is 9.82. The van der Waals surface area contributed by atoms with Crippen molar-refractivity contribution in [1.29, 1.82) is 0 Å². The molecular formula is C16H25OTe+. The van der Waals surface area contributed by atoms with Gasteiger partial charge in [-0.2, -0.15) is 0 Å². The molecule has 0 N–H and O–H groups in total. The topological polar surface area (TPSA) is 17.1 Å². The van der Waals surface area contributed by atoms with E-state index in [1.165, 1.54) is 34.6 Å². The molecule has 0 spiro atoms. The van der Waals surface area contributed by atoms with E-state index in [-0.39, 0.29) is 0 Å². The molecule has 0 aliphatic rings. The van der Waals surface area contributed by atoms with Crippen LogP contribution in [0.1, 0.15) is 49.9 Å². The third-order valence-corrected chi connectivity index (χ3v) is 9.86. The molecule has 1 aromatic carbocycles. The van der Waals surface area contributed by atoms with Crippen LogP contribution < -0.4 is 0 Å². The molecule has 0 aliphatic carbocycles. The van der Waals surface area contributed by atoms with Crippen LogP contribution in [-0.2, 0) is 0 Å². The molecule has 0 amide bonds. The maximum absolute atomic E-state index is 12.2. The van der Waals surface area contributed by atoms with Gasteiger partial charge in [0.2, 0.25) is 0 Å². The van der Waals surface area contributed by atoms with Gasteiger partial charge in [-0.3, -0.25) is 0 Å². The van der Waals surface area contributed by atoms with E-state index < -0.39 is 19.6 Å². The number of carbonyl (C=O) groups is 1. The van der Waals surface area contributed by atoms with E-state index in [1.54, 1.807) is 0 Å². The molecule has 0 bridgehead atoms. The van der Waals surface area contributed by atoms with Gasteiger partial charge < -0.3 is 0 Å². The molecule has 100 valence electrons. The van der Waals surface area contributed by atoms with Crippen molar-refractivity contribution in [3.8, 4) is 0 Å². The van der Waals surface area contributed by atoms with E-state index in [4.69, 9.17) is 0 Å². The second kappa shape index (κ2) is 9.59. The summed E-state index contributed by atoms with van der Waals surface area (Å²) in [6.45, 7) is 4.49. The van der Waals surface area contributed by atoms with Crippen LogP contribution in [0.15, 0.2) is 30.3 Å². The second-order valence-corrected chi connectivity index (χ2v) is 11.3. The molecule has 0 radical (unpaired) electrons. The predicted molar refractivity (Wildman–Crippen MR) is 80.8 cm³/mol. The maximum atomic E-state index is 12.2. The number of unbranched alkanes of at least 4 members (excludes halogenated alkanes) is 2. The number of Topliss-reactive ketones (excluding diaryl/α,β-unsaturated/α-hetero) is 1. The number of benzene rings is 1. The molecule has 0 saturated carbocycles. The molecule has 0 saturated heterocycles. The Morgan fingerprint density at radius 2 is 1.56 bits per heavy atom. The number of rotatable bonds is 9. The van der Waals surface area contributed by atoms with Gasteiger partial charge in [0.1, 0.15) is 0 Å². The van der Waals surface area contributed by atoms with Crippen LogP contribution >= 0.6 is 0 Å². The fourth-order valence-electron chi connectivity index (χ4n) is 1.84. The second-order valence-electron chi connectivity index (χ2n) is 4.66. The van der Waals surface area contributed by atoms with Gasteiger partial charge in [0.15, 0.2) is 0 Å². The number of hydrogen-bond acceptors (Lipinski definition) is 1. The normalized spacial score (nSPS) is 10.8. The van der Waals surface area contributed by atoms with Crippen LogP contribution in [0, 0.1) is 0 Å². The van der Waals surface area contributed by atoms with E-state index >= 15 is 0 Å². The van der Waals surface area contributed by atoms with Crippen LogP contribution in [-0.4, -0.2) is 25.3 Å². The summed E-state index contributed by atoms with van der Waals surface area (Å²) in [5.74, 6) is 0.388. The monoisotopic (exact) mass is 363 g/mol. The number of carbonyl (C=O) groups excluding carboxylic acids is 1. The van der Waals surface area contributed by atoms with Gasteiger partial charge >= 0.3 is 119 Å². The Morgan fingerprint density at radius 3 is 2.06 bits per heavy atom. The van der Waals surface area contributed by atoms with Gasteiger partial charge in [-0.05, 0) is 0 Å². The molecular weight excluding hydrogens is 336 g/mol. The first-order chi connectivity index (χ1) is 8.77. The van der Waals surface area contributed by atoms with Crippen molar-refractivity contribution in [3.63, 3.8) is 0 Å². The van der Waals surface area contributed by atoms with E-state index in [0.717, 1.165) is 10.0 Å². The zero-order valence-corrected chi connectivity index (χ0v) is 14.0. The van der Waals surface area contributed by atoms with Gasteiger partial charge in [0.05, 0.1) is 0 Å². The summed E-state index contributed by atoms with van der Waals surface area (Å²) < 4.78 is 3.64. The molecule has 0 atom stereocenters. The number of hydrogen-bond donors (Lipinski definition) is 0. The zero-order chi connectivity index (χ0) is 13.2. The predicted octanol–water partition coefficient (Wildman–Crippen LogP) is 4.96. The third kappa shape index (κ3) is 6.03. The van der Waals surface area contributed by atoms with E-state index in [0.29, 0.717) is 5.78 Å².